The number of halogens is 2. The van der Waals surface area contributed by atoms with Crippen LogP contribution in [-0.4, -0.2) is 17.4 Å². The average molecular weight is 293 g/mol. The van der Waals surface area contributed by atoms with E-state index in [0.717, 1.165) is 23.8 Å². The van der Waals surface area contributed by atoms with Gasteiger partial charge in [-0.2, -0.15) is 0 Å². The summed E-state index contributed by atoms with van der Waals surface area (Å²) in [6.45, 7) is 0.581. The van der Waals surface area contributed by atoms with Gasteiger partial charge in [-0.25, -0.2) is 8.78 Å². The highest BCUT2D eigenvalue weighted by atomic mass is 32.1. The SMILES string of the molecule is O=C(c1cccc(F)c1F)N1CCCC1c1cccs1. The van der Waals surface area contributed by atoms with Gasteiger partial charge in [0.15, 0.2) is 11.6 Å². The van der Waals surface area contributed by atoms with Crippen LogP contribution in [0, 0.1) is 11.6 Å². The Balaban J connectivity index is 1.92. The summed E-state index contributed by atoms with van der Waals surface area (Å²) in [5, 5.41) is 1.96. The Morgan fingerprint density at radius 2 is 2.10 bits per heavy atom. The second-order valence-electron chi connectivity index (χ2n) is 4.77. The molecule has 0 spiro atoms. The van der Waals surface area contributed by atoms with Crippen LogP contribution in [0.25, 0.3) is 0 Å². The maximum Gasteiger partial charge on any atom is 0.257 e. The second kappa shape index (κ2) is 5.32. The Hall–Kier alpha value is -1.75. The maximum atomic E-state index is 13.8. The molecule has 0 radical (unpaired) electrons. The number of rotatable bonds is 2. The maximum absolute atomic E-state index is 13.8. The van der Waals surface area contributed by atoms with Gasteiger partial charge in [0.25, 0.3) is 5.91 Å². The van der Waals surface area contributed by atoms with E-state index >= 15 is 0 Å². The molecule has 1 aliphatic rings. The van der Waals surface area contributed by atoms with E-state index in [-0.39, 0.29) is 11.6 Å². The average Bonchev–Trinajstić information content (AvgIpc) is 3.10. The minimum absolute atomic E-state index is 0.0230. The van der Waals surface area contributed by atoms with Gasteiger partial charge in [-0.1, -0.05) is 12.1 Å². The molecule has 3 rings (SSSR count). The van der Waals surface area contributed by atoms with Gasteiger partial charge in [0.1, 0.15) is 0 Å². The molecule has 1 amide bonds. The predicted molar refractivity (Wildman–Crippen MR) is 73.7 cm³/mol. The molecule has 1 atom stereocenters. The summed E-state index contributed by atoms with van der Waals surface area (Å²) in [5.74, 6) is -2.48. The lowest BCUT2D eigenvalue weighted by Gasteiger charge is -2.24. The molecule has 1 unspecified atom stereocenters. The van der Waals surface area contributed by atoms with Crippen molar-refractivity contribution >= 4 is 17.2 Å². The molecule has 0 N–H and O–H groups in total. The van der Waals surface area contributed by atoms with E-state index in [4.69, 9.17) is 0 Å². The quantitative estimate of drug-likeness (QED) is 0.819. The Kier molecular flexibility index (Phi) is 3.53. The van der Waals surface area contributed by atoms with Crippen LogP contribution in [-0.2, 0) is 0 Å². The molecular formula is C15H13F2NOS. The number of likely N-dealkylation sites (tertiary alicyclic amines) is 1. The van der Waals surface area contributed by atoms with Crippen molar-refractivity contribution in [3.8, 4) is 0 Å². The van der Waals surface area contributed by atoms with Crippen LogP contribution < -0.4 is 0 Å². The minimum Gasteiger partial charge on any atom is -0.331 e. The molecule has 1 aromatic carbocycles. The summed E-state index contributed by atoms with van der Waals surface area (Å²) >= 11 is 1.58. The predicted octanol–water partition coefficient (Wildman–Crippen LogP) is 4.00. The first kappa shape index (κ1) is 13.2. The molecule has 0 bridgehead atoms. The van der Waals surface area contributed by atoms with Crippen molar-refractivity contribution in [2.24, 2.45) is 0 Å². The molecule has 1 aliphatic heterocycles. The molecule has 1 fully saturated rings. The van der Waals surface area contributed by atoms with Gasteiger partial charge in [-0.3, -0.25) is 4.79 Å². The van der Waals surface area contributed by atoms with Crippen LogP contribution in [0.1, 0.15) is 34.1 Å². The largest absolute Gasteiger partial charge is 0.331 e. The molecule has 0 saturated carbocycles. The minimum atomic E-state index is -1.06. The van der Waals surface area contributed by atoms with Crippen molar-refractivity contribution in [3.05, 3.63) is 57.8 Å². The summed E-state index contributed by atoms with van der Waals surface area (Å²) in [4.78, 5) is 15.2. The van der Waals surface area contributed by atoms with Gasteiger partial charge in [-0.05, 0) is 36.4 Å². The van der Waals surface area contributed by atoms with Crippen LogP contribution in [0.4, 0.5) is 8.78 Å². The van der Waals surface area contributed by atoms with Crippen LogP contribution in [0.3, 0.4) is 0 Å². The highest BCUT2D eigenvalue weighted by molar-refractivity contribution is 7.10. The first-order valence-electron chi connectivity index (χ1n) is 6.47. The summed E-state index contributed by atoms with van der Waals surface area (Å²) < 4.78 is 27.0. The third-order valence-electron chi connectivity index (χ3n) is 3.57. The fourth-order valence-corrected chi connectivity index (χ4v) is 3.48. The van der Waals surface area contributed by atoms with Gasteiger partial charge in [0.05, 0.1) is 11.6 Å². The van der Waals surface area contributed by atoms with Crippen molar-refractivity contribution in [2.45, 2.75) is 18.9 Å². The summed E-state index contributed by atoms with van der Waals surface area (Å²) in [7, 11) is 0. The molecule has 20 heavy (non-hydrogen) atoms. The third-order valence-corrected chi connectivity index (χ3v) is 4.54. The van der Waals surface area contributed by atoms with Gasteiger partial charge in [-0.15, -0.1) is 11.3 Å². The van der Waals surface area contributed by atoms with Gasteiger partial charge in [0, 0.05) is 11.4 Å². The van der Waals surface area contributed by atoms with Crippen molar-refractivity contribution in [1.82, 2.24) is 4.90 Å². The van der Waals surface area contributed by atoms with Gasteiger partial charge >= 0.3 is 0 Å². The Morgan fingerprint density at radius 1 is 1.25 bits per heavy atom. The molecule has 2 aromatic rings. The van der Waals surface area contributed by atoms with E-state index in [1.54, 1.807) is 16.2 Å². The summed E-state index contributed by atoms with van der Waals surface area (Å²) in [5.41, 5.74) is -0.187. The van der Waals surface area contributed by atoms with E-state index < -0.39 is 17.5 Å². The number of carbonyl (C=O) groups excluding carboxylic acids is 1. The monoisotopic (exact) mass is 293 g/mol. The molecule has 1 saturated heterocycles. The number of nitrogens with zero attached hydrogens (tertiary/aromatic N) is 1. The number of carbonyl (C=O) groups is 1. The van der Waals surface area contributed by atoms with Gasteiger partial charge < -0.3 is 4.90 Å². The third kappa shape index (κ3) is 2.22. The summed E-state index contributed by atoms with van der Waals surface area (Å²) in [6.07, 6.45) is 1.74. The Bertz CT molecular complexity index is 627. The van der Waals surface area contributed by atoms with Crippen molar-refractivity contribution < 1.29 is 13.6 Å². The molecule has 2 nitrogen and oxygen atoms in total. The number of hydrogen-bond donors (Lipinski definition) is 0. The standard InChI is InChI=1S/C15H13F2NOS/c16-11-5-1-4-10(14(11)17)15(19)18-8-2-6-12(18)13-7-3-9-20-13/h1,3-5,7,9,12H,2,6,8H2. The first-order chi connectivity index (χ1) is 9.68. The van der Waals surface area contributed by atoms with Crippen LogP contribution >= 0.6 is 11.3 Å². The van der Waals surface area contributed by atoms with Crippen molar-refractivity contribution in [1.29, 1.82) is 0 Å². The molecule has 2 heterocycles. The fraction of sp³-hybridized carbons (Fsp3) is 0.267. The molecule has 5 heteroatoms. The lowest BCUT2D eigenvalue weighted by atomic mass is 10.1. The second-order valence-corrected chi connectivity index (χ2v) is 5.75. The normalized spacial score (nSPS) is 18.5. The number of hydrogen-bond acceptors (Lipinski definition) is 2. The molecule has 0 aliphatic carbocycles. The molecular weight excluding hydrogens is 280 g/mol. The van der Waals surface area contributed by atoms with E-state index in [1.807, 2.05) is 17.5 Å². The fourth-order valence-electron chi connectivity index (χ4n) is 2.61. The van der Waals surface area contributed by atoms with Crippen molar-refractivity contribution in [2.75, 3.05) is 6.54 Å². The lowest BCUT2D eigenvalue weighted by Crippen LogP contribution is -2.31. The molecule has 104 valence electrons. The number of benzene rings is 1. The van der Waals surface area contributed by atoms with Crippen molar-refractivity contribution in [3.63, 3.8) is 0 Å². The zero-order chi connectivity index (χ0) is 14.1. The zero-order valence-electron chi connectivity index (χ0n) is 10.7. The smallest absolute Gasteiger partial charge is 0.257 e. The summed E-state index contributed by atoms with van der Waals surface area (Å²) in [6, 6.07) is 7.61. The Labute approximate surface area is 119 Å². The first-order valence-corrected chi connectivity index (χ1v) is 7.35. The molecule has 1 aromatic heterocycles. The Morgan fingerprint density at radius 3 is 2.85 bits per heavy atom. The van der Waals surface area contributed by atoms with E-state index in [1.165, 1.54) is 12.1 Å². The van der Waals surface area contributed by atoms with Crippen LogP contribution in [0.15, 0.2) is 35.7 Å². The topological polar surface area (TPSA) is 20.3 Å². The number of amides is 1. The van der Waals surface area contributed by atoms with E-state index in [2.05, 4.69) is 0 Å². The van der Waals surface area contributed by atoms with Crippen LogP contribution in [0.5, 0.6) is 0 Å². The zero-order valence-corrected chi connectivity index (χ0v) is 11.5. The lowest BCUT2D eigenvalue weighted by molar-refractivity contribution is 0.0732. The number of thiophene rings is 1. The van der Waals surface area contributed by atoms with Gasteiger partial charge in [0.2, 0.25) is 0 Å². The highest BCUT2D eigenvalue weighted by Gasteiger charge is 2.32. The van der Waals surface area contributed by atoms with E-state index in [0.29, 0.717) is 6.54 Å². The van der Waals surface area contributed by atoms with E-state index in [9.17, 15) is 13.6 Å². The highest BCUT2D eigenvalue weighted by Crippen LogP contribution is 2.35. The van der Waals surface area contributed by atoms with Crippen LogP contribution in [0.2, 0.25) is 0 Å².